The Morgan fingerprint density at radius 3 is 2.52 bits per heavy atom. The number of esters is 1. The predicted octanol–water partition coefficient (Wildman–Crippen LogP) is 2.56. The standard InChI is InChI=1S/C17H16O6/c1-21-13-5-9(3-4-12(13)19)11-8-16(20)23-15-7-10(18)6-14(22-2)17(11)15/h3-7,11,18-19H,8H2,1-2H3. The molecule has 0 aliphatic carbocycles. The molecular formula is C17H16O6. The van der Waals surface area contributed by atoms with Crippen molar-refractivity contribution < 1.29 is 29.2 Å². The Bertz CT molecular complexity index is 768. The highest BCUT2D eigenvalue weighted by Gasteiger charge is 2.32. The lowest BCUT2D eigenvalue weighted by Gasteiger charge is -2.27. The third-order valence-corrected chi connectivity index (χ3v) is 3.86. The first-order chi connectivity index (χ1) is 11.0. The van der Waals surface area contributed by atoms with Gasteiger partial charge in [-0.15, -0.1) is 0 Å². The molecule has 3 rings (SSSR count). The summed E-state index contributed by atoms with van der Waals surface area (Å²) >= 11 is 0. The number of phenols is 2. The van der Waals surface area contributed by atoms with Gasteiger partial charge < -0.3 is 24.4 Å². The van der Waals surface area contributed by atoms with Gasteiger partial charge in [0, 0.05) is 23.6 Å². The Morgan fingerprint density at radius 1 is 1.09 bits per heavy atom. The summed E-state index contributed by atoms with van der Waals surface area (Å²) in [6.07, 6.45) is 0.127. The number of rotatable bonds is 3. The van der Waals surface area contributed by atoms with E-state index in [1.807, 2.05) is 0 Å². The largest absolute Gasteiger partial charge is 0.508 e. The molecule has 0 amide bonds. The number of benzene rings is 2. The molecule has 1 aliphatic heterocycles. The van der Waals surface area contributed by atoms with Gasteiger partial charge in [-0.25, -0.2) is 0 Å². The van der Waals surface area contributed by atoms with Crippen molar-refractivity contribution in [2.75, 3.05) is 14.2 Å². The molecule has 0 radical (unpaired) electrons. The zero-order valence-electron chi connectivity index (χ0n) is 12.7. The van der Waals surface area contributed by atoms with Crippen molar-refractivity contribution in [3.05, 3.63) is 41.5 Å². The highest BCUT2D eigenvalue weighted by molar-refractivity contribution is 5.79. The number of phenolic OH excluding ortho intramolecular Hbond substituents is 2. The van der Waals surface area contributed by atoms with Crippen molar-refractivity contribution in [1.29, 1.82) is 0 Å². The molecule has 0 aromatic heterocycles. The van der Waals surface area contributed by atoms with Crippen molar-refractivity contribution in [2.45, 2.75) is 12.3 Å². The van der Waals surface area contributed by atoms with E-state index in [1.165, 1.54) is 32.4 Å². The van der Waals surface area contributed by atoms with Gasteiger partial charge >= 0.3 is 5.97 Å². The minimum absolute atomic E-state index is 0.0209. The van der Waals surface area contributed by atoms with Gasteiger partial charge in [0.2, 0.25) is 0 Å². The maximum Gasteiger partial charge on any atom is 0.312 e. The molecule has 0 spiro atoms. The Morgan fingerprint density at radius 2 is 1.83 bits per heavy atom. The Hall–Kier alpha value is -2.89. The fourth-order valence-electron chi connectivity index (χ4n) is 2.81. The second-order valence-electron chi connectivity index (χ2n) is 5.22. The maximum atomic E-state index is 11.9. The van der Waals surface area contributed by atoms with Crippen LogP contribution in [0.4, 0.5) is 0 Å². The molecule has 2 aromatic carbocycles. The average Bonchev–Trinajstić information content (AvgIpc) is 2.53. The minimum atomic E-state index is -0.401. The SMILES string of the molecule is COc1cc(C2CC(=O)Oc3cc(O)cc(OC)c32)ccc1O. The molecule has 120 valence electrons. The smallest absolute Gasteiger partial charge is 0.312 e. The summed E-state index contributed by atoms with van der Waals surface area (Å²) in [5.74, 6) is 0.281. The Labute approximate surface area is 132 Å². The van der Waals surface area contributed by atoms with Gasteiger partial charge in [0.05, 0.1) is 20.6 Å². The van der Waals surface area contributed by atoms with Crippen molar-refractivity contribution in [3.8, 4) is 28.7 Å². The lowest BCUT2D eigenvalue weighted by molar-refractivity contribution is -0.135. The summed E-state index contributed by atoms with van der Waals surface area (Å²) in [5.41, 5.74) is 1.46. The molecule has 1 atom stereocenters. The van der Waals surface area contributed by atoms with E-state index in [0.717, 1.165) is 5.56 Å². The van der Waals surface area contributed by atoms with E-state index in [1.54, 1.807) is 12.1 Å². The van der Waals surface area contributed by atoms with Crippen LogP contribution in [-0.2, 0) is 4.79 Å². The van der Waals surface area contributed by atoms with Crippen LogP contribution in [0.1, 0.15) is 23.5 Å². The summed E-state index contributed by atoms with van der Waals surface area (Å²) in [5, 5.41) is 19.5. The van der Waals surface area contributed by atoms with Crippen LogP contribution in [0, 0.1) is 0 Å². The third-order valence-electron chi connectivity index (χ3n) is 3.86. The van der Waals surface area contributed by atoms with Gasteiger partial charge in [-0.1, -0.05) is 6.07 Å². The minimum Gasteiger partial charge on any atom is -0.508 e. The molecule has 2 aromatic rings. The number of ether oxygens (including phenoxy) is 3. The summed E-state index contributed by atoms with van der Waals surface area (Å²) in [4.78, 5) is 11.9. The summed E-state index contributed by atoms with van der Waals surface area (Å²) in [6.45, 7) is 0. The second kappa shape index (κ2) is 5.72. The molecule has 6 nitrogen and oxygen atoms in total. The first-order valence-corrected chi connectivity index (χ1v) is 7.02. The number of aromatic hydroxyl groups is 2. The molecule has 0 saturated heterocycles. The first-order valence-electron chi connectivity index (χ1n) is 7.02. The van der Waals surface area contributed by atoms with Crippen LogP contribution < -0.4 is 14.2 Å². The number of methoxy groups -OCH3 is 2. The van der Waals surface area contributed by atoms with Crippen LogP contribution in [-0.4, -0.2) is 30.4 Å². The first kappa shape index (κ1) is 15.0. The highest BCUT2D eigenvalue weighted by atomic mass is 16.5. The predicted molar refractivity (Wildman–Crippen MR) is 81.4 cm³/mol. The van der Waals surface area contributed by atoms with Gasteiger partial charge in [-0.3, -0.25) is 4.79 Å². The molecule has 23 heavy (non-hydrogen) atoms. The van der Waals surface area contributed by atoms with E-state index < -0.39 is 5.97 Å². The monoisotopic (exact) mass is 316 g/mol. The van der Waals surface area contributed by atoms with E-state index in [4.69, 9.17) is 14.2 Å². The number of fused-ring (bicyclic) bond motifs is 1. The van der Waals surface area contributed by atoms with Gasteiger partial charge in [0.25, 0.3) is 0 Å². The lowest BCUT2D eigenvalue weighted by Crippen LogP contribution is -2.21. The fraction of sp³-hybridized carbons (Fsp3) is 0.235. The topological polar surface area (TPSA) is 85.2 Å². The maximum absolute atomic E-state index is 11.9. The molecule has 0 saturated carbocycles. The molecule has 1 heterocycles. The van der Waals surface area contributed by atoms with Crippen LogP contribution in [0.15, 0.2) is 30.3 Å². The Balaban J connectivity index is 2.17. The van der Waals surface area contributed by atoms with E-state index in [0.29, 0.717) is 17.1 Å². The molecule has 0 bridgehead atoms. The van der Waals surface area contributed by atoms with Gasteiger partial charge in [0.1, 0.15) is 17.2 Å². The average molecular weight is 316 g/mol. The van der Waals surface area contributed by atoms with Gasteiger partial charge in [-0.05, 0) is 17.7 Å². The van der Waals surface area contributed by atoms with Crippen LogP contribution in [0.3, 0.4) is 0 Å². The number of hydrogen-bond acceptors (Lipinski definition) is 6. The molecule has 0 fully saturated rings. The van der Waals surface area contributed by atoms with Gasteiger partial charge in [0.15, 0.2) is 11.5 Å². The van der Waals surface area contributed by atoms with Crippen molar-refractivity contribution in [1.82, 2.24) is 0 Å². The quantitative estimate of drug-likeness (QED) is 0.668. The molecule has 1 unspecified atom stereocenters. The third kappa shape index (κ3) is 2.63. The van der Waals surface area contributed by atoms with Crippen LogP contribution in [0.2, 0.25) is 0 Å². The zero-order chi connectivity index (χ0) is 16.6. The van der Waals surface area contributed by atoms with E-state index >= 15 is 0 Å². The fourth-order valence-corrected chi connectivity index (χ4v) is 2.81. The van der Waals surface area contributed by atoms with E-state index in [2.05, 4.69) is 0 Å². The lowest BCUT2D eigenvalue weighted by atomic mass is 9.85. The molecule has 1 aliphatic rings. The van der Waals surface area contributed by atoms with E-state index in [9.17, 15) is 15.0 Å². The van der Waals surface area contributed by atoms with Crippen molar-refractivity contribution in [2.24, 2.45) is 0 Å². The molecular weight excluding hydrogens is 300 g/mol. The van der Waals surface area contributed by atoms with E-state index in [-0.39, 0.29) is 29.6 Å². The second-order valence-corrected chi connectivity index (χ2v) is 5.22. The van der Waals surface area contributed by atoms with Crippen molar-refractivity contribution >= 4 is 5.97 Å². The summed E-state index contributed by atoms with van der Waals surface area (Å²) < 4.78 is 15.7. The number of hydrogen-bond donors (Lipinski definition) is 2. The van der Waals surface area contributed by atoms with Crippen LogP contribution >= 0.6 is 0 Å². The van der Waals surface area contributed by atoms with Gasteiger partial charge in [-0.2, -0.15) is 0 Å². The Kier molecular flexibility index (Phi) is 3.73. The summed E-state index contributed by atoms with van der Waals surface area (Å²) in [6, 6.07) is 7.77. The normalized spacial score (nSPS) is 16.4. The molecule has 2 N–H and O–H groups in total. The highest BCUT2D eigenvalue weighted by Crippen LogP contribution is 2.47. The zero-order valence-corrected chi connectivity index (χ0v) is 12.7. The molecule has 6 heteroatoms. The van der Waals surface area contributed by atoms with Crippen molar-refractivity contribution in [3.63, 3.8) is 0 Å². The number of carbonyl (C=O) groups is 1. The number of carbonyl (C=O) groups excluding carboxylic acids is 1. The van der Waals surface area contributed by atoms with Crippen LogP contribution in [0.25, 0.3) is 0 Å². The van der Waals surface area contributed by atoms with Crippen LogP contribution in [0.5, 0.6) is 28.7 Å². The summed E-state index contributed by atoms with van der Waals surface area (Å²) in [7, 11) is 2.94.